The zero-order chi connectivity index (χ0) is 24.1. The Balaban J connectivity index is 2.02. The van der Waals surface area contributed by atoms with Crippen LogP contribution in [0.3, 0.4) is 0 Å². The molecule has 0 aliphatic carbocycles. The number of benzene rings is 1. The van der Waals surface area contributed by atoms with E-state index in [1.165, 1.54) is 11.5 Å². The number of halogens is 3. The summed E-state index contributed by atoms with van der Waals surface area (Å²) >= 11 is 0. The Labute approximate surface area is 182 Å². The van der Waals surface area contributed by atoms with Crippen molar-refractivity contribution in [3.05, 3.63) is 70.0 Å². The summed E-state index contributed by atoms with van der Waals surface area (Å²) in [6.45, 7) is 7.67. The fourth-order valence-electron chi connectivity index (χ4n) is 3.13. The van der Waals surface area contributed by atoms with E-state index < -0.39 is 31.8 Å². The Hall–Kier alpha value is -3.08. The highest BCUT2D eigenvalue weighted by molar-refractivity contribution is 7.92. The number of pyridine rings is 1. The zero-order valence-electron chi connectivity index (χ0n) is 17.8. The fourth-order valence-corrected chi connectivity index (χ4v) is 3.89. The van der Waals surface area contributed by atoms with Crippen LogP contribution in [-0.4, -0.2) is 33.2 Å². The van der Waals surface area contributed by atoms with Crippen LogP contribution in [0.4, 0.5) is 13.2 Å². The Bertz CT molecular complexity index is 1320. The molecule has 1 N–H and O–H groups in total. The quantitative estimate of drug-likeness (QED) is 0.629. The van der Waals surface area contributed by atoms with Crippen LogP contribution in [0.2, 0.25) is 0 Å². The lowest BCUT2D eigenvalue weighted by atomic mass is 9.91. The first kappa shape index (κ1) is 23.6. The third-order valence-electron chi connectivity index (χ3n) is 5.01. The number of aromatic hydroxyl groups is 1. The van der Waals surface area contributed by atoms with Crippen LogP contribution in [0.5, 0.6) is 5.88 Å². The van der Waals surface area contributed by atoms with Gasteiger partial charge in [-0.1, -0.05) is 20.8 Å². The number of imidazole rings is 1. The van der Waals surface area contributed by atoms with Gasteiger partial charge in [0.05, 0.1) is 22.8 Å². The normalized spacial score (nSPS) is 12.8. The van der Waals surface area contributed by atoms with Crippen molar-refractivity contribution in [1.29, 1.82) is 0 Å². The molecule has 2 heterocycles. The first-order valence-corrected chi connectivity index (χ1v) is 11.0. The molecule has 3 rings (SSSR count). The van der Waals surface area contributed by atoms with E-state index in [1.54, 1.807) is 12.3 Å². The second-order valence-electron chi connectivity index (χ2n) is 8.36. The molecule has 3 aromatic rings. The number of sulfone groups is 1. The van der Waals surface area contributed by atoms with Gasteiger partial charge in [-0.05, 0) is 48.9 Å². The van der Waals surface area contributed by atoms with E-state index in [-0.39, 0.29) is 23.3 Å². The summed E-state index contributed by atoms with van der Waals surface area (Å²) in [5.74, 6) is -0.397. The lowest BCUT2D eigenvalue weighted by Crippen LogP contribution is -2.25. The predicted molar refractivity (Wildman–Crippen MR) is 112 cm³/mol. The molecule has 11 heteroatoms. The molecule has 172 valence electrons. The second-order valence-corrected chi connectivity index (χ2v) is 10.3. The minimum absolute atomic E-state index is 0.0283. The van der Waals surface area contributed by atoms with Gasteiger partial charge in [0.15, 0.2) is 0 Å². The van der Waals surface area contributed by atoms with Gasteiger partial charge in [-0.2, -0.15) is 13.2 Å². The average Bonchev–Trinajstić information content (AvgIpc) is 2.90. The maximum Gasteiger partial charge on any atom is 0.501 e. The molecular weight excluding hydrogens is 447 g/mol. The molecule has 32 heavy (non-hydrogen) atoms. The van der Waals surface area contributed by atoms with Crippen LogP contribution in [0.25, 0.3) is 5.69 Å². The smallest absolute Gasteiger partial charge is 0.493 e. The van der Waals surface area contributed by atoms with Gasteiger partial charge in [-0.25, -0.2) is 17.8 Å². The van der Waals surface area contributed by atoms with Gasteiger partial charge in [0.2, 0.25) is 5.88 Å². The van der Waals surface area contributed by atoms with Gasteiger partial charge in [0.1, 0.15) is 0 Å². The molecule has 0 radical (unpaired) electrons. The number of alkyl halides is 3. The minimum Gasteiger partial charge on any atom is -0.493 e. The van der Waals surface area contributed by atoms with E-state index in [2.05, 4.69) is 4.98 Å². The summed E-state index contributed by atoms with van der Waals surface area (Å²) in [4.78, 5) is 16.4. The lowest BCUT2D eigenvalue weighted by molar-refractivity contribution is -0.0436. The molecule has 0 atom stereocenters. The van der Waals surface area contributed by atoms with Crippen molar-refractivity contribution in [3.8, 4) is 11.6 Å². The van der Waals surface area contributed by atoms with Crippen LogP contribution in [0, 0.1) is 6.92 Å². The molecule has 0 saturated carbocycles. The van der Waals surface area contributed by atoms with Crippen molar-refractivity contribution in [1.82, 2.24) is 14.1 Å². The van der Waals surface area contributed by atoms with Gasteiger partial charge in [-0.3, -0.25) is 9.55 Å². The van der Waals surface area contributed by atoms with Crippen molar-refractivity contribution in [3.63, 3.8) is 0 Å². The van der Waals surface area contributed by atoms with E-state index in [1.807, 2.05) is 26.8 Å². The number of rotatable bonds is 4. The molecule has 1 aromatic carbocycles. The minimum atomic E-state index is -5.52. The molecule has 0 amide bonds. The van der Waals surface area contributed by atoms with Crippen molar-refractivity contribution < 1.29 is 26.7 Å². The molecule has 0 saturated heterocycles. The molecule has 0 aliphatic heterocycles. The van der Waals surface area contributed by atoms with E-state index in [9.17, 15) is 31.5 Å². The third-order valence-corrected chi connectivity index (χ3v) is 6.51. The third kappa shape index (κ3) is 4.16. The van der Waals surface area contributed by atoms with Gasteiger partial charge >= 0.3 is 11.2 Å². The standard InChI is InChI=1S/C21H22F3N3O4S/c1-13-18(28)27(15-5-7-16(8-6-15)32(30,31)21(22,23)24)19(29)26(13)12-14-9-10-25-17(11-14)20(2,3)4/h5-11,28H,12H2,1-4H3. The fraction of sp³-hybridized carbons (Fsp3) is 0.333. The maximum absolute atomic E-state index is 13.0. The van der Waals surface area contributed by atoms with E-state index in [4.69, 9.17) is 0 Å². The van der Waals surface area contributed by atoms with Crippen LogP contribution in [0.15, 0.2) is 52.3 Å². The highest BCUT2D eigenvalue weighted by atomic mass is 32.2. The molecule has 0 spiro atoms. The van der Waals surface area contributed by atoms with Gasteiger partial charge < -0.3 is 5.11 Å². The van der Waals surface area contributed by atoms with E-state index in [0.717, 1.165) is 40.1 Å². The molecule has 2 aromatic heterocycles. The predicted octanol–water partition coefficient (Wildman–Crippen LogP) is 3.69. The maximum atomic E-state index is 13.0. The first-order chi connectivity index (χ1) is 14.6. The molecule has 0 fully saturated rings. The van der Waals surface area contributed by atoms with Crippen molar-refractivity contribution in [2.24, 2.45) is 0 Å². The second kappa shape index (κ2) is 7.80. The van der Waals surface area contributed by atoms with Crippen molar-refractivity contribution in [2.45, 2.75) is 50.1 Å². The monoisotopic (exact) mass is 469 g/mol. The summed E-state index contributed by atoms with van der Waals surface area (Å²) in [6.07, 6.45) is 1.63. The summed E-state index contributed by atoms with van der Waals surface area (Å²) in [7, 11) is -5.52. The number of nitrogens with zero attached hydrogens (tertiary/aromatic N) is 3. The highest BCUT2D eigenvalue weighted by Crippen LogP contribution is 2.31. The summed E-state index contributed by atoms with van der Waals surface area (Å²) in [5, 5.41) is 10.5. The molecule has 0 bridgehead atoms. The summed E-state index contributed by atoms with van der Waals surface area (Å²) in [5.41, 5.74) is -4.39. The van der Waals surface area contributed by atoms with E-state index >= 15 is 0 Å². The van der Waals surface area contributed by atoms with Crippen molar-refractivity contribution in [2.75, 3.05) is 0 Å². The van der Waals surface area contributed by atoms with Crippen molar-refractivity contribution >= 4 is 9.84 Å². The van der Waals surface area contributed by atoms with Gasteiger partial charge in [0, 0.05) is 17.3 Å². The van der Waals surface area contributed by atoms with Gasteiger partial charge in [-0.15, -0.1) is 0 Å². The average molecular weight is 469 g/mol. The summed E-state index contributed by atoms with van der Waals surface area (Å²) in [6, 6.07) is 7.16. The number of hydrogen-bond acceptors (Lipinski definition) is 5. The topological polar surface area (TPSA) is 94.2 Å². The largest absolute Gasteiger partial charge is 0.501 e. The zero-order valence-corrected chi connectivity index (χ0v) is 18.6. The molecule has 0 unspecified atom stereocenters. The van der Waals surface area contributed by atoms with Crippen LogP contribution in [-0.2, 0) is 21.8 Å². The Morgan fingerprint density at radius 3 is 2.19 bits per heavy atom. The van der Waals surface area contributed by atoms with Crippen LogP contribution >= 0.6 is 0 Å². The Kier molecular flexibility index (Phi) is 5.75. The van der Waals surface area contributed by atoms with Crippen LogP contribution < -0.4 is 5.69 Å². The highest BCUT2D eigenvalue weighted by Gasteiger charge is 2.46. The Morgan fingerprint density at radius 2 is 1.66 bits per heavy atom. The summed E-state index contributed by atoms with van der Waals surface area (Å²) < 4.78 is 63.5. The lowest BCUT2D eigenvalue weighted by Gasteiger charge is -2.18. The van der Waals surface area contributed by atoms with E-state index in [0.29, 0.717) is 0 Å². The molecular formula is C21H22F3N3O4S. The molecule has 0 aliphatic rings. The first-order valence-electron chi connectivity index (χ1n) is 9.53. The number of hydrogen-bond donors (Lipinski definition) is 1. The molecule has 7 nitrogen and oxygen atoms in total. The Morgan fingerprint density at radius 1 is 1.06 bits per heavy atom. The van der Waals surface area contributed by atoms with Gasteiger partial charge in [0.25, 0.3) is 9.84 Å². The van der Waals surface area contributed by atoms with Crippen LogP contribution in [0.1, 0.15) is 37.7 Å². The SMILES string of the molecule is Cc1c(O)n(-c2ccc(S(=O)(=O)C(F)(F)F)cc2)c(=O)n1Cc1ccnc(C(C)(C)C)c1. The number of aromatic nitrogens is 3.